The van der Waals surface area contributed by atoms with Crippen LogP contribution in [-0.2, 0) is 11.8 Å². The first-order valence-corrected chi connectivity index (χ1v) is 5.68. The molecule has 0 aliphatic rings. The van der Waals surface area contributed by atoms with E-state index in [1.807, 2.05) is 46.2 Å². The Bertz CT molecular complexity index is 404. The Balaban J connectivity index is 2.64. The summed E-state index contributed by atoms with van der Waals surface area (Å²) in [7, 11) is 1.92. The third kappa shape index (κ3) is 3.76. The number of hydrogen-bond acceptors (Lipinski definition) is 3. The molecule has 5 nitrogen and oxygen atoms in total. The lowest BCUT2D eigenvalue weighted by Crippen LogP contribution is -2.34. The van der Waals surface area contributed by atoms with E-state index in [0.29, 0.717) is 0 Å². The lowest BCUT2D eigenvalue weighted by atomic mass is 10.2. The molecule has 1 unspecified atom stereocenters. The molecule has 0 aliphatic carbocycles. The number of amides is 1. The maximum Gasteiger partial charge on any atom is 0.408 e. The largest absolute Gasteiger partial charge is 0.444 e. The van der Waals surface area contributed by atoms with Crippen molar-refractivity contribution in [1.29, 1.82) is 0 Å². The number of rotatable bonds is 2. The highest BCUT2D eigenvalue weighted by molar-refractivity contribution is 5.68. The minimum absolute atomic E-state index is 0.177. The summed E-state index contributed by atoms with van der Waals surface area (Å²) in [5.41, 5.74) is 0.569. The summed E-state index contributed by atoms with van der Waals surface area (Å²) in [5, 5.41) is 2.76. The Hall–Kier alpha value is -1.52. The van der Waals surface area contributed by atoms with Crippen molar-refractivity contribution in [2.24, 2.45) is 7.05 Å². The average Bonchev–Trinajstić information content (AvgIpc) is 2.44. The number of aryl methyl sites for hydroxylation is 1. The molecule has 1 N–H and O–H groups in total. The zero-order valence-electron chi connectivity index (χ0n) is 11.4. The highest BCUT2D eigenvalue weighted by Gasteiger charge is 2.20. The summed E-state index contributed by atoms with van der Waals surface area (Å²) in [6.07, 6.45) is 1.36. The van der Waals surface area contributed by atoms with Crippen LogP contribution in [0.5, 0.6) is 0 Å². The molecule has 0 bridgehead atoms. The van der Waals surface area contributed by atoms with E-state index >= 15 is 0 Å². The van der Waals surface area contributed by atoms with Crippen molar-refractivity contribution < 1.29 is 9.53 Å². The van der Waals surface area contributed by atoms with Gasteiger partial charge in [0.2, 0.25) is 0 Å². The van der Waals surface area contributed by atoms with Gasteiger partial charge in [0.1, 0.15) is 11.4 Å². The van der Waals surface area contributed by atoms with E-state index in [2.05, 4.69) is 10.3 Å². The van der Waals surface area contributed by atoms with Gasteiger partial charge in [0, 0.05) is 18.9 Å². The first kappa shape index (κ1) is 13.5. The number of carbonyl (C=O) groups excluding carboxylic acids is 1. The molecule has 1 amide bonds. The van der Waals surface area contributed by atoms with Crippen LogP contribution in [0.25, 0.3) is 0 Å². The first-order valence-electron chi connectivity index (χ1n) is 5.68. The monoisotopic (exact) mass is 239 g/mol. The van der Waals surface area contributed by atoms with Gasteiger partial charge in [-0.2, -0.15) is 0 Å². The van der Waals surface area contributed by atoms with Crippen LogP contribution in [0.2, 0.25) is 0 Å². The fourth-order valence-electron chi connectivity index (χ4n) is 1.46. The molecular formula is C12H21N3O2. The fourth-order valence-corrected chi connectivity index (χ4v) is 1.46. The molecule has 1 aromatic rings. The molecule has 1 atom stereocenters. The molecule has 17 heavy (non-hydrogen) atoms. The second-order valence-corrected chi connectivity index (χ2v) is 5.18. The van der Waals surface area contributed by atoms with Gasteiger partial charge in [-0.3, -0.25) is 0 Å². The topological polar surface area (TPSA) is 56.1 Å². The van der Waals surface area contributed by atoms with Crippen LogP contribution in [0.3, 0.4) is 0 Å². The zero-order chi connectivity index (χ0) is 13.2. The van der Waals surface area contributed by atoms with E-state index in [9.17, 15) is 4.79 Å². The lowest BCUT2D eigenvalue weighted by Gasteiger charge is -2.21. The average molecular weight is 239 g/mol. The van der Waals surface area contributed by atoms with E-state index < -0.39 is 11.7 Å². The van der Waals surface area contributed by atoms with Crippen LogP contribution < -0.4 is 5.32 Å². The molecule has 5 heteroatoms. The molecule has 0 fully saturated rings. The van der Waals surface area contributed by atoms with Crippen molar-refractivity contribution in [2.75, 3.05) is 0 Å². The SMILES string of the molecule is Cc1cnc(C(C)NC(=O)OC(C)(C)C)n1C. The number of aromatic nitrogens is 2. The summed E-state index contributed by atoms with van der Waals surface area (Å²) in [6, 6.07) is -0.177. The van der Waals surface area contributed by atoms with E-state index in [4.69, 9.17) is 4.74 Å². The molecule has 0 radical (unpaired) electrons. The van der Waals surface area contributed by atoms with E-state index in [1.165, 1.54) is 0 Å². The number of nitrogens with one attached hydrogen (secondary N) is 1. The second-order valence-electron chi connectivity index (χ2n) is 5.18. The summed E-state index contributed by atoms with van der Waals surface area (Å²) >= 11 is 0. The predicted octanol–water partition coefficient (Wildman–Crippen LogP) is 2.31. The summed E-state index contributed by atoms with van der Waals surface area (Å²) in [6.45, 7) is 9.36. The van der Waals surface area contributed by atoms with Crippen molar-refractivity contribution in [3.05, 3.63) is 17.7 Å². The standard InChI is InChI=1S/C12H21N3O2/c1-8-7-13-10(15(8)6)9(2)14-11(16)17-12(3,4)5/h7,9H,1-6H3,(H,14,16). The third-order valence-electron chi connectivity index (χ3n) is 2.38. The van der Waals surface area contributed by atoms with Crippen LogP contribution in [0.4, 0.5) is 4.79 Å². The van der Waals surface area contributed by atoms with Crippen LogP contribution in [0.15, 0.2) is 6.20 Å². The smallest absolute Gasteiger partial charge is 0.408 e. The second kappa shape index (κ2) is 4.77. The molecule has 1 rings (SSSR count). The molecule has 0 saturated carbocycles. The van der Waals surface area contributed by atoms with Gasteiger partial charge in [-0.1, -0.05) is 0 Å². The van der Waals surface area contributed by atoms with Gasteiger partial charge in [0.25, 0.3) is 0 Å². The van der Waals surface area contributed by atoms with E-state index in [-0.39, 0.29) is 6.04 Å². The Morgan fingerprint density at radius 1 is 1.53 bits per heavy atom. The Kier molecular flexibility index (Phi) is 3.80. The van der Waals surface area contributed by atoms with Crippen LogP contribution in [0, 0.1) is 6.92 Å². The Morgan fingerprint density at radius 3 is 2.53 bits per heavy atom. The van der Waals surface area contributed by atoms with Gasteiger partial charge >= 0.3 is 6.09 Å². The Labute approximate surface area is 102 Å². The number of alkyl carbamates (subject to hydrolysis) is 1. The maximum atomic E-state index is 11.6. The molecule has 0 aromatic carbocycles. The molecule has 0 saturated heterocycles. The predicted molar refractivity (Wildman–Crippen MR) is 65.7 cm³/mol. The van der Waals surface area contributed by atoms with Crippen LogP contribution >= 0.6 is 0 Å². The molecule has 0 aliphatic heterocycles. The number of ether oxygens (including phenoxy) is 1. The Morgan fingerprint density at radius 2 is 2.12 bits per heavy atom. The van der Waals surface area contributed by atoms with Crippen molar-refractivity contribution in [2.45, 2.75) is 46.3 Å². The number of nitrogens with zero attached hydrogens (tertiary/aromatic N) is 2. The van der Waals surface area contributed by atoms with E-state index in [1.54, 1.807) is 6.20 Å². The maximum absolute atomic E-state index is 11.6. The van der Waals surface area contributed by atoms with Gasteiger partial charge in [0.15, 0.2) is 0 Å². The van der Waals surface area contributed by atoms with Gasteiger partial charge in [-0.15, -0.1) is 0 Å². The quantitative estimate of drug-likeness (QED) is 0.861. The molecule has 1 heterocycles. The minimum Gasteiger partial charge on any atom is -0.444 e. The molecule has 1 aromatic heterocycles. The van der Waals surface area contributed by atoms with Crippen molar-refractivity contribution in [1.82, 2.24) is 14.9 Å². The summed E-state index contributed by atoms with van der Waals surface area (Å²) in [4.78, 5) is 15.8. The molecule has 0 spiro atoms. The highest BCUT2D eigenvalue weighted by Crippen LogP contribution is 2.13. The normalized spacial score (nSPS) is 13.3. The highest BCUT2D eigenvalue weighted by atomic mass is 16.6. The summed E-state index contributed by atoms with van der Waals surface area (Å²) in [5.74, 6) is 0.813. The number of carbonyl (C=O) groups is 1. The molecule has 96 valence electrons. The summed E-state index contributed by atoms with van der Waals surface area (Å²) < 4.78 is 7.14. The molecular weight excluding hydrogens is 218 g/mol. The lowest BCUT2D eigenvalue weighted by molar-refractivity contribution is 0.0505. The van der Waals surface area contributed by atoms with Gasteiger partial charge in [-0.05, 0) is 34.6 Å². The van der Waals surface area contributed by atoms with Gasteiger partial charge in [-0.25, -0.2) is 9.78 Å². The van der Waals surface area contributed by atoms with Crippen molar-refractivity contribution in [3.63, 3.8) is 0 Å². The van der Waals surface area contributed by atoms with Crippen molar-refractivity contribution in [3.8, 4) is 0 Å². The van der Waals surface area contributed by atoms with Gasteiger partial charge < -0.3 is 14.6 Å². The first-order chi connectivity index (χ1) is 7.70. The number of imidazole rings is 1. The number of hydrogen-bond donors (Lipinski definition) is 1. The van der Waals surface area contributed by atoms with Gasteiger partial charge in [0.05, 0.1) is 6.04 Å². The zero-order valence-corrected chi connectivity index (χ0v) is 11.4. The van der Waals surface area contributed by atoms with Crippen molar-refractivity contribution >= 4 is 6.09 Å². The fraction of sp³-hybridized carbons (Fsp3) is 0.667. The van der Waals surface area contributed by atoms with Crippen LogP contribution in [0.1, 0.15) is 45.3 Å². The third-order valence-corrected chi connectivity index (χ3v) is 2.38. The minimum atomic E-state index is -0.485. The van der Waals surface area contributed by atoms with E-state index in [0.717, 1.165) is 11.5 Å². The van der Waals surface area contributed by atoms with Crippen LogP contribution in [-0.4, -0.2) is 21.2 Å².